The fourth-order valence-corrected chi connectivity index (χ4v) is 5.98. The maximum Gasteiger partial charge on any atom is 0.335 e. The summed E-state index contributed by atoms with van der Waals surface area (Å²) in [5.74, 6) is -2.98. The standard InChI is InChI=1S/C34H66O7/c1-3-5-7-9-11-13-15-17-19-21-23-25-27-34(32(37)30(36)29(35)31(41-34)33(38)39)40-28-26-24-22-20-18-16-14-12-10-8-6-4-2/h29-32,35-37H,3-28H2,1-2H3,(H,38,39)/t29-,30+,31+,32-,34?/m1/s1. The number of carboxylic acids is 1. The van der Waals surface area contributed by atoms with Gasteiger partial charge in [0.25, 0.3) is 0 Å². The molecule has 0 spiro atoms. The minimum absolute atomic E-state index is 0.289. The van der Waals surface area contributed by atoms with Crippen LogP contribution >= 0.6 is 0 Å². The largest absolute Gasteiger partial charge is 0.479 e. The van der Waals surface area contributed by atoms with Crippen molar-refractivity contribution in [1.29, 1.82) is 0 Å². The average molecular weight is 587 g/mol. The van der Waals surface area contributed by atoms with Gasteiger partial charge in [0.1, 0.15) is 18.3 Å². The Kier molecular flexibility index (Phi) is 23.1. The van der Waals surface area contributed by atoms with Crippen LogP contribution in [0.15, 0.2) is 0 Å². The van der Waals surface area contributed by atoms with Gasteiger partial charge in [-0.25, -0.2) is 4.79 Å². The topological polar surface area (TPSA) is 116 Å². The molecule has 7 heteroatoms. The monoisotopic (exact) mass is 586 g/mol. The molecule has 0 bridgehead atoms. The predicted molar refractivity (Wildman–Crippen MR) is 166 cm³/mol. The van der Waals surface area contributed by atoms with Gasteiger partial charge in [-0.3, -0.25) is 0 Å². The molecule has 0 aliphatic carbocycles. The zero-order valence-corrected chi connectivity index (χ0v) is 26.7. The lowest BCUT2D eigenvalue weighted by Gasteiger charge is -2.47. The van der Waals surface area contributed by atoms with E-state index in [4.69, 9.17) is 9.47 Å². The molecule has 0 saturated carbocycles. The van der Waals surface area contributed by atoms with E-state index in [9.17, 15) is 25.2 Å². The van der Waals surface area contributed by atoms with E-state index in [1.54, 1.807) is 0 Å². The van der Waals surface area contributed by atoms with Crippen LogP contribution in [0.2, 0.25) is 0 Å². The molecule has 0 amide bonds. The first-order valence-electron chi connectivity index (χ1n) is 17.5. The maximum absolute atomic E-state index is 11.7. The molecule has 244 valence electrons. The van der Waals surface area contributed by atoms with Gasteiger partial charge >= 0.3 is 5.97 Å². The Morgan fingerprint density at radius 1 is 0.585 bits per heavy atom. The third-order valence-electron chi connectivity index (χ3n) is 8.73. The lowest BCUT2D eigenvalue weighted by atomic mass is 9.88. The highest BCUT2D eigenvalue weighted by Crippen LogP contribution is 2.36. The Hall–Kier alpha value is -0.730. The zero-order valence-electron chi connectivity index (χ0n) is 26.7. The van der Waals surface area contributed by atoms with E-state index in [1.807, 2.05) is 0 Å². The third-order valence-corrected chi connectivity index (χ3v) is 8.73. The summed E-state index contributed by atoms with van der Waals surface area (Å²) in [4.78, 5) is 11.7. The van der Waals surface area contributed by atoms with E-state index in [-0.39, 0.29) is 6.42 Å². The van der Waals surface area contributed by atoms with Crippen LogP contribution in [0.4, 0.5) is 0 Å². The normalized spacial score (nSPS) is 24.6. The van der Waals surface area contributed by atoms with Crippen LogP contribution in [0.1, 0.15) is 174 Å². The Bertz CT molecular complexity index is 616. The van der Waals surface area contributed by atoms with Crippen LogP contribution in [0.5, 0.6) is 0 Å². The SMILES string of the molecule is CCCCCCCCCCCCCCOC1(CCCCCCCCCCCCCC)O[C@H](C(=O)O)[C@H](O)[C@H](O)[C@H]1O. The van der Waals surface area contributed by atoms with Crippen LogP contribution in [-0.2, 0) is 14.3 Å². The van der Waals surface area contributed by atoms with E-state index >= 15 is 0 Å². The highest BCUT2D eigenvalue weighted by atomic mass is 16.7. The van der Waals surface area contributed by atoms with Gasteiger partial charge in [0, 0.05) is 6.42 Å². The fraction of sp³-hybridized carbons (Fsp3) is 0.971. The molecule has 1 heterocycles. The first-order chi connectivity index (χ1) is 19.9. The molecule has 0 aromatic rings. The molecule has 1 rings (SSSR count). The number of aliphatic hydroxyl groups excluding tert-OH is 3. The molecular formula is C34H66O7. The minimum atomic E-state index is -1.70. The summed E-state index contributed by atoms with van der Waals surface area (Å²) in [6.07, 6.45) is 22.8. The quantitative estimate of drug-likeness (QED) is 0.0685. The first-order valence-corrected chi connectivity index (χ1v) is 17.5. The number of carboxylic acid groups (broad SMARTS) is 1. The van der Waals surface area contributed by atoms with Crippen molar-refractivity contribution >= 4 is 5.97 Å². The van der Waals surface area contributed by atoms with Crippen LogP contribution in [0.3, 0.4) is 0 Å². The average Bonchev–Trinajstić information content (AvgIpc) is 2.96. The van der Waals surface area contributed by atoms with Crippen LogP contribution in [-0.4, -0.2) is 63.2 Å². The van der Waals surface area contributed by atoms with Crippen molar-refractivity contribution < 1.29 is 34.7 Å². The number of rotatable bonds is 28. The number of unbranched alkanes of at least 4 members (excludes halogenated alkanes) is 22. The predicted octanol–water partition coefficient (Wildman–Crippen LogP) is 8.06. The van der Waals surface area contributed by atoms with Gasteiger partial charge in [0.05, 0.1) is 6.61 Å². The third kappa shape index (κ3) is 16.6. The number of aliphatic hydroxyl groups is 3. The molecular weight excluding hydrogens is 520 g/mol. The van der Waals surface area contributed by atoms with Gasteiger partial charge in [0.15, 0.2) is 11.9 Å². The maximum atomic E-state index is 11.7. The molecule has 5 atom stereocenters. The summed E-state index contributed by atoms with van der Waals surface area (Å²) in [5.41, 5.74) is 0. The molecule has 1 aliphatic rings. The second-order valence-electron chi connectivity index (χ2n) is 12.5. The number of carbonyl (C=O) groups is 1. The Labute approximate surface area is 251 Å². The number of aliphatic carboxylic acids is 1. The van der Waals surface area contributed by atoms with E-state index in [2.05, 4.69) is 13.8 Å². The van der Waals surface area contributed by atoms with Crippen molar-refractivity contribution in [3.63, 3.8) is 0 Å². The minimum Gasteiger partial charge on any atom is -0.479 e. The second-order valence-corrected chi connectivity index (χ2v) is 12.5. The van der Waals surface area contributed by atoms with E-state index in [0.717, 1.165) is 38.5 Å². The van der Waals surface area contributed by atoms with Gasteiger partial charge in [-0.15, -0.1) is 0 Å². The molecule has 1 saturated heterocycles. The summed E-state index contributed by atoms with van der Waals surface area (Å²) >= 11 is 0. The first kappa shape index (κ1) is 38.3. The molecule has 0 aromatic carbocycles. The molecule has 41 heavy (non-hydrogen) atoms. The summed E-state index contributed by atoms with van der Waals surface area (Å²) in [5, 5.41) is 41.1. The smallest absolute Gasteiger partial charge is 0.335 e. The van der Waals surface area contributed by atoms with Gasteiger partial charge in [-0.1, -0.05) is 155 Å². The number of hydrogen-bond acceptors (Lipinski definition) is 6. The van der Waals surface area contributed by atoms with Gasteiger partial charge < -0.3 is 29.9 Å². The lowest BCUT2D eigenvalue weighted by molar-refractivity contribution is -0.359. The zero-order chi connectivity index (χ0) is 30.2. The summed E-state index contributed by atoms with van der Waals surface area (Å²) in [7, 11) is 0. The van der Waals surface area contributed by atoms with Crippen molar-refractivity contribution in [2.75, 3.05) is 6.61 Å². The Morgan fingerprint density at radius 2 is 0.951 bits per heavy atom. The van der Waals surface area contributed by atoms with Crippen molar-refractivity contribution in [3.8, 4) is 0 Å². The van der Waals surface area contributed by atoms with E-state index in [1.165, 1.54) is 109 Å². The van der Waals surface area contributed by atoms with Crippen LogP contribution in [0, 0.1) is 0 Å². The van der Waals surface area contributed by atoms with Crippen molar-refractivity contribution in [3.05, 3.63) is 0 Å². The molecule has 0 radical (unpaired) electrons. The molecule has 1 aliphatic heterocycles. The highest BCUT2D eigenvalue weighted by Gasteiger charge is 2.56. The van der Waals surface area contributed by atoms with E-state index in [0.29, 0.717) is 13.0 Å². The van der Waals surface area contributed by atoms with Crippen LogP contribution < -0.4 is 0 Å². The molecule has 7 nitrogen and oxygen atoms in total. The molecule has 1 fully saturated rings. The fourth-order valence-electron chi connectivity index (χ4n) is 5.98. The lowest BCUT2D eigenvalue weighted by Crippen LogP contribution is -2.67. The van der Waals surface area contributed by atoms with Gasteiger partial charge in [0.2, 0.25) is 0 Å². The van der Waals surface area contributed by atoms with Gasteiger partial charge in [-0.05, 0) is 12.8 Å². The Morgan fingerprint density at radius 3 is 1.34 bits per heavy atom. The molecule has 0 aromatic heterocycles. The summed E-state index contributed by atoms with van der Waals surface area (Å²) < 4.78 is 11.8. The van der Waals surface area contributed by atoms with Gasteiger partial charge in [-0.2, -0.15) is 0 Å². The number of hydrogen-bond donors (Lipinski definition) is 4. The van der Waals surface area contributed by atoms with Crippen molar-refractivity contribution in [1.82, 2.24) is 0 Å². The Balaban J connectivity index is 2.37. The number of ether oxygens (including phenoxy) is 2. The molecule has 4 N–H and O–H groups in total. The van der Waals surface area contributed by atoms with Crippen LogP contribution in [0.25, 0.3) is 0 Å². The van der Waals surface area contributed by atoms with Crippen molar-refractivity contribution in [2.45, 2.75) is 205 Å². The highest BCUT2D eigenvalue weighted by molar-refractivity contribution is 5.73. The second kappa shape index (κ2) is 24.7. The van der Waals surface area contributed by atoms with Crippen molar-refractivity contribution in [2.24, 2.45) is 0 Å². The summed E-state index contributed by atoms with van der Waals surface area (Å²) in [6, 6.07) is 0. The summed E-state index contributed by atoms with van der Waals surface area (Å²) in [6.45, 7) is 4.81. The van der Waals surface area contributed by atoms with E-state index < -0.39 is 36.2 Å². The molecule has 1 unspecified atom stereocenters.